The summed E-state index contributed by atoms with van der Waals surface area (Å²) in [4.78, 5) is 17.4. The van der Waals surface area contributed by atoms with Crippen molar-refractivity contribution in [2.24, 2.45) is 0 Å². The molecule has 2 heterocycles. The lowest BCUT2D eigenvalue weighted by molar-refractivity contribution is -0.0868. The number of anilines is 1. The van der Waals surface area contributed by atoms with Crippen molar-refractivity contribution in [3.05, 3.63) is 102 Å². The van der Waals surface area contributed by atoms with Crippen LogP contribution in [0.25, 0.3) is 22.4 Å². The number of nitrogens with zero attached hydrogens (tertiary/aromatic N) is 2. The fourth-order valence-electron chi connectivity index (χ4n) is 5.47. The maximum atomic E-state index is 17.0. The van der Waals surface area contributed by atoms with E-state index in [1.165, 1.54) is 7.11 Å². The van der Waals surface area contributed by atoms with Gasteiger partial charge in [-0.2, -0.15) is 0 Å². The second kappa shape index (κ2) is 13.0. The van der Waals surface area contributed by atoms with Crippen LogP contribution >= 0.6 is 0 Å². The summed E-state index contributed by atoms with van der Waals surface area (Å²) in [6.45, 7) is 8.53. The minimum Gasteiger partial charge on any atom is -0.493 e. The standard InChI is InChI=1S/C37H38FN3O6/c1-36(2,3)47-35(42)39-26-16-17-29-28(18-26)40-34(41(29)37(4)22-44-23-37)27-19-30(43-5)32(45-20-24-12-8-6-9-13-24)33(31(27)38)46-21-25-14-10-7-11-15-25/h6-19H,20-23H2,1-5H3,(H,39,42). The zero-order valence-corrected chi connectivity index (χ0v) is 27.1. The van der Waals surface area contributed by atoms with Gasteiger partial charge in [0.25, 0.3) is 0 Å². The van der Waals surface area contributed by atoms with Crippen LogP contribution in [0, 0.1) is 5.82 Å². The van der Waals surface area contributed by atoms with E-state index in [1.807, 2.05) is 78.2 Å². The SMILES string of the molecule is COc1cc(-c2nc3cc(NC(=O)OC(C)(C)C)ccc3n2C2(C)COC2)c(F)c(OCc2ccccc2)c1OCc1ccccc1. The molecule has 10 heteroatoms. The second-order valence-electron chi connectivity index (χ2n) is 12.7. The third kappa shape index (κ3) is 6.88. The number of fused-ring (bicyclic) bond motifs is 1. The van der Waals surface area contributed by atoms with Crippen molar-refractivity contribution in [2.75, 3.05) is 25.6 Å². The number of methoxy groups -OCH3 is 1. The van der Waals surface area contributed by atoms with Gasteiger partial charge in [-0.05, 0) is 63.1 Å². The van der Waals surface area contributed by atoms with Crippen molar-refractivity contribution in [1.29, 1.82) is 0 Å². The Morgan fingerprint density at radius 1 is 0.936 bits per heavy atom. The third-order valence-corrected chi connectivity index (χ3v) is 7.72. The summed E-state index contributed by atoms with van der Waals surface area (Å²) in [6, 6.07) is 26.1. The number of aromatic nitrogens is 2. The van der Waals surface area contributed by atoms with Crippen LogP contribution in [0.4, 0.5) is 14.9 Å². The first-order chi connectivity index (χ1) is 22.5. The second-order valence-corrected chi connectivity index (χ2v) is 12.7. The lowest BCUT2D eigenvalue weighted by Crippen LogP contribution is -2.49. The average Bonchev–Trinajstić information content (AvgIpc) is 3.41. The molecule has 1 aliphatic rings. The molecule has 1 saturated heterocycles. The largest absolute Gasteiger partial charge is 0.493 e. The molecule has 0 atom stereocenters. The topological polar surface area (TPSA) is 93.1 Å². The molecule has 47 heavy (non-hydrogen) atoms. The van der Waals surface area contributed by atoms with Crippen LogP contribution in [-0.4, -0.2) is 41.6 Å². The molecular formula is C37H38FN3O6. The fraction of sp³-hybridized carbons (Fsp3) is 0.297. The van der Waals surface area contributed by atoms with Gasteiger partial charge in [-0.3, -0.25) is 5.32 Å². The molecule has 0 spiro atoms. The van der Waals surface area contributed by atoms with Crippen molar-refractivity contribution >= 4 is 22.8 Å². The molecule has 1 amide bonds. The summed E-state index contributed by atoms with van der Waals surface area (Å²) >= 11 is 0. The maximum absolute atomic E-state index is 17.0. The summed E-state index contributed by atoms with van der Waals surface area (Å²) < 4.78 is 48.2. The van der Waals surface area contributed by atoms with Crippen LogP contribution in [0.1, 0.15) is 38.8 Å². The average molecular weight is 640 g/mol. The Morgan fingerprint density at radius 3 is 2.11 bits per heavy atom. The molecule has 6 rings (SSSR count). The zero-order valence-electron chi connectivity index (χ0n) is 27.1. The summed E-state index contributed by atoms with van der Waals surface area (Å²) in [5.74, 6) is 0.0760. The first kappa shape index (κ1) is 31.9. The zero-order chi connectivity index (χ0) is 33.2. The van der Waals surface area contributed by atoms with E-state index in [1.54, 1.807) is 39.0 Å². The van der Waals surface area contributed by atoms with E-state index in [0.717, 1.165) is 16.6 Å². The maximum Gasteiger partial charge on any atom is 0.412 e. The van der Waals surface area contributed by atoms with Crippen LogP contribution < -0.4 is 19.5 Å². The molecule has 0 unspecified atom stereocenters. The molecular weight excluding hydrogens is 601 g/mol. The number of benzene rings is 4. The van der Waals surface area contributed by atoms with Gasteiger partial charge in [-0.15, -0.1) is 0 Å². The van der Waals surface area contributed by atoms with Crippen LogP contribution in [0.15, 0.2) is 84.9 Å². The van der Waals surface area contributed by atoms with Gasteiger partial charge in [-0.1, -0.05) is 60.7 Å². The molecule has 1 N–H and O–H groups in total. The Bertz CT molecular complexity index is 1880. The van der Waals surface area contributed by atoms with Crippen LogP contribution in [0.3, 0.4) is 0 Å². The first-order valence-corrected chi connectivity index (χ1v) is 15.4. The number of hydrogen-bond donors (Lipinski definition) is 1. The Kier molecular flexibility index (Phi) is 8.79. The van der Waals surface area contributed by atoms with Gasteiger partial charge < -0.3 is 28.3 Å². The van der Waals surface area contributed by atoms with Gasteiger partial charge in [-0.25, -0.2) is 14.2 Å². The predicted octanol–water partition coefficient (Wildman–Crippen LogP) is 8.10. The van der Waals surface area contributed by atoms with E-state index in [2.05, 4.69) is 5.32 Å². The number of rotatable bonds is 10. The highest BCUT2D eigenvalue weighted by atomic mass is 19.1. The van der Waals surface area contributed by atoms with Crippen LogP contribution in [0.2, 0.25) is 0 Å². The normalized spacial score (nSPS) is 13.9. The number of halogens is 1. The van der Waals surface area contributed by atoms with Crippen molar-refractivity contribution in [3.63, 3.8) is 0 Å². The van der Waals surface area contributed by atoms with E-state index < -0.39 is 23.1 Å². The molecule has 0 saturated carbocycles. The molecule has 9 nitrogen and oxygen atoms in total. The molecule has 0 radical (unpaired) electrons. The minimum atomic E-state index is -0.657. The smallest absolute Gasteiger partial charge is 0.412 e. The number of carbonyl (C=O) groups excluding carboxylic acids is 1. The van der Waals surface area contributed by atoms with Crippen LogP contribution in [-0.2, 0) is 28.2 Å². The van der Waals surface area contributed by atoms with Gasteiger partial charge in [0.1, 0.15) is 24.6 Å². The minimum absolute atomic E-state index is 0.0833. The number of imidazole rings is 1. The lowest BCUT2D eigenvalue weighted by atomic mass is 9.98. The monoisotopic (exact) mass is 639 g/mol. The highest BCUT2D eigenvalue weighted by Crippen LogP contribution is 2.47. The summed E-state index contributed by atoms with van der Waals surface area (Å²) in [7, 11) is 1.51. The quantitative estimate of drug-likeness (QED) is 0.165. The van der Waals surface area contributed by atoms with Gasteiger partial charge in [0.05, 0.1) is 42.5 Å². The van der Waals surface area contributed by atoms with Crippen molar-refractivity contribution in [2.45, 2.75) is 52.0 Å². The highest BCUT2D eigenvalue weighted by molar-refractivity contribution is 5.90. The third-order valence-electron chi connectivity index (χ3n) is 7.72. The van der Waals surface area contributed by atoms with Gasteiger partial charge in [0.2, 0.25) is 11.5 Å². The predicted molar refractivity (Wildman–Crippen MR) is 178 cm³/mol. The van der Waals surface area contributed by atoms with E-state index in [-0.39, 0.29) is 30.3 Å². The van der Waals surface area contributed by atoms with E-state index in [0.29, 0.717) is 36.0 Å². The Hall–Kier alpha value is -5.09. The Labute approximate surface area is 273 Å². The van der Waals surface area contributed by atoms with Crippen molar-refractivity contribution in [1.82, 2.24) is 9.55 Å². The van der Waals surface area contributed by atoms with Gasteiger partial charge in [0.15, 0.2) is 11.6 Å². The molecule has 0 aliphatic carbocycles. The number of amides is 1. The number of nitrogens with one attached hydrogen (secondary N) is 1. The molecule has 4 aromatic carbocycles. The van der Waals surface area contributed by atoms with Gasteiger partial charge >= 0.3 is 6.09 Å². The number of carbonyl (C=O) groups is 1. The lowest BCUT2D eigenvalue weighted by Gasteiger charge is -2.40. The molecule has 1 aliphatic heterocycles. The first-order valence-electron chi connectivity index (χ1n) is 15.4. The molecule has 0 bridgehead atoms. The van der Waals surface area contributed by atoms with Gasteiger partial charge in [0, 0.05) is 5.69 Å². The molecule has 1 aromatic heterocycles. The van der Waals surface area contributed by atoms with E-state index in [4.69, 9.17) is 28.7 Å². The van der Waals surface area contributed by atoms with Crippen molar-refractivity contribution < 1.29 is 32.9 Å². The van der Waals surface area contributed by atoms with E-state index >= 15 is 4.39 Å². The van der Waals surface area contributed by atoms with Crippen LogP contribution in [0.5, 0.6) is 17.2 Å². The van der Waals surface area contributed by atoms with Crippen molar-refractivity contribution in [3.8, 4) is 28.6 Å². The highest BCUT2D eigenvalue weighted by Gasteiger charge is 2.40. The Morgan fingerprint density at radius 2 is 1.55 bits per heavy atom. The number of hydrogen-bond acceptors (Lipinski definition) is 7. The summed E-state index contributed by atoms with van der Waals surface area (Å²) in [6.07, 6.45) is -0.585. The summed E-state index contributed by atoms with van der Waals surface area (Å²) in [5, 5.41) is 2.77. The molecule has 1 fully saturated rings. The Balaban J connectivity index is 1.46. The van der Waals surface area contributed by atoms with E-state index in [9.17, 15) is 4.79 Å². The number of ether oxygens (including phenoxy) is 5. The summed E-state index contributed by atoms with van der Waals surface area (Å²) in [5.41, 5.74) is 2.57. The molecule has 5 aromatic rings. The fourth-order valence-corrected chi connectivity index (χ4v) is 5.47. The molecule has 244 valence electrons.